The molecule has 8 heteroatoms. The Morgan fingerprint density at radius 2 is 1.70 bits per heavy atom. The lowest BCUT2D eigenvalue weighted by atomic mass is 10.2. The Labute approximate surface area is 154 Å². The molecule has 2 N–H and O–H groups in total. The molecule has 1 atom stereocenters. The number of nitrogens with zero attached hydrogens (tertiary/aromatic N) is 2. The maximum absolute atomic E-state index is 12.1. The fourth-order valence-electron chi connectivity index (χ4n) is 2.25. The SMILES string of the molecule is O=C(NC(CO)C(=O)OCc1nnc(-c2ccccc2)o1)c1ccccc1. The molecule has 0 radical (unpaired) electrons. The summed E-state index contributed by atoms with van der Waals surface area (Å²) in [5, 5.41) is 19.5. The zero-order valence-electron chi connectivity index (χ0n) is 14.2. The number of nitrogens with one attached hydrogen (secondary N) is 1. The van der Waals surface area contributed by atoms with Crippen molar-refractivity contribution in [1.29, 1.82) is 0 Å². The third-order valence-corrected chi connectivity index (χ3v) is 3.63. The van der Waals surface area contributed by atoms with E-state index in [0.29, 0.717) is 11.5 Å². The van der Waals surface area contributed by atoms with Gasteiger partial charge >= 0.3 is 5.97 Å². The fourth-order valence-corrected chi connectivity index (χ4v) is 2.25. The Kier molecular flexibility index (Phi) is 5.91. The van der Waals surface area contributed by atoms with Crippen molar-refractivity contribution in [3.63, 3.8) is 0 Å². The van der Waals surface area contributed by atoms with E-state index in [9.17, 15) is 14.7 Å². The number of esters is 1. The first-order valence-electron chi connectivity index (χ1n) is 8.18. The van der Waals surface area contributed by atoms with Gasteiger partial charge in [0.05, 0.1) is 6.61 Å². The smallest absolute Gasteiger partial charge is 0.331 e. The average molecular weight is 367 g/mol. The van der Waals surface area contributed by atoms with Gasteiger partial charge in [-0.2, -0.15) is 0 Å². The van der Waals surface area contributed by atoms with Crippen molar-refractivity contribution < 1.29 is 23.8 Å². The second kappa shape index (κ2) is 8.72. The molecule has 0 spiro atoms. The van der Waals surface area contributed by atoms with Crippen LogP contribution in [0.2, 0.25) is 0 Å². The number of hydrogen-bond acceptors (Lipinski definition) is 7. The largest absolute Gasteiger partial charge is 0.454 e. The highest BCUT2D eigenvalue weighted by molar-refractivity contribution is 5.96. The molecule has 1 amide bonds. The van der Waals surface area contributed by atoms with Crippen LogP contribution in [0.4, 0.5) is 0 Å². The number of amides is 1. The summed E-state index contributed by atoms with van der Waals surface area (Å²) in [7, 11) is 0. The van der Waals surface area contributed by atoms with E-state index in [1.165, 1.54) is 0 Å². The third kappa shape index (κ3) is 4.77. The van der Waals surface area contributed by atoms with Crippen LogP contribution in [0.25, 0.3) is 11.5 Å². The van der Waals surface area contributed by atoms with Crippen molar-refractivity contribution in [2.75, 3.05) is 6.61 Å². The average Bonchev–Trinajstić information content (AvgIpc) is 3.20. The van der Waals surface area contributed by atoms with Crippen LogP contribution >= 0.6 is 0 Å². The van der Waals surface area contributed by atoms with E-state index in [4.69, 9.17) is 9.15 Å². The normalized spacial score (nSPS) is 11.6. The highest BCUT2D eigenvalue weighted by atomic mass is 16.5. The number of aliphatic hydroxyl groups excluding tert-OH is 1. The minimum atomic E-state index is -1.20. The van der Waals surface area contributed by atoms with Crippen LogP contribution in [-0.4, -0.2) is 39.8 Å². The van der Waals surface area contributed by atoms with Gasteiger partial charge in [0, 0.05) is 11.1 Å². The minimum Gasteiger partial charge on any atom is -0.454 e. The molecular weight excluding hydrogens is 350 g/mol. The summed E-state index contributed by atoms with van der Waals surface area (Å²) in [6.07, 6.45) is 0. The molecule has 0 bridgehead atoms. The van der Waals surface area contributed by atoms with Gasteiger partial charge in [-0.15, -0.1) is 10.2 Å². The zero-order chi connectivity index (χ0) is 19.1. The second-order valence-electron chi connectivity index (χ2n) is 5.55. The van der Waals surface area contributed by atoms with E-state index < -0.39 is 24.5 Å². The van der Waals surface area contributed by atoms with Gasteiger partial charge in [0.15, 0.2) is 12.6 Å². The molecule has 0 aliphatic rings. The number of aliphatic hydroxyl groups is 1. The van der Waals surface area contributed by atoms with Gasteiger partial charge in [-0.1, -0.05) is 36.4 Å². The minimum absolute atomic E-state index is 0.105. The Morgan fingerprint density at radius 3 is 2.37 bits per heavy atom. The molecule has 3 aromatic rings. The third-order valence-electron chi connectivity index (χ3n) is 3.63. The maximum Gasteiger partial charge on any atom is 0.331 e. The van der Waals surface area contributed by atoms with Crippen molar-refractivity contribution in [2.24, 2.45) is 0 Å². The van der Waals surface area contributed by atoms with Crippen LogP contribution in [0.15, 0.2) is 65.1 Å². The quantitative estimate of drug-likeness (QED) is 0.609. The predicted molar refractivity (Wildman–Crippen MR) is 94.3 cm³/mol. The number of carbonyl (C=O) groups is 2. The number of carbonyl (C=O) groups excluding carboxylic acids is 2. The molecule has 1 unspecified atom stereocenters. The summed E-state index contributed by atoms with van der Waals surface area (Å²) in [6.45, 7) is -0.868. The van der Waals surface area contributed by atoms with Gasteiger partial charge in [-0.25, -0.2) is 4.79 Å². The molecular formula is C19H17N3O5. The van der Waals surface area contributed by atoms with Crippen LogP contribution in [0, 0.1) is 0 Å². The molecule has 3 rings (SSSR count). The fraction of sp³-hybridized carbons (Fsp3) is 0.158. The molecule has 138 valence electrons. The Bertz CT molecular complexity index is 896. The number of aromatic nitrogens is 2. The van der Waals surface area contributed by atoms with Crippen molar-refractivity contribution in [3.05, 3.63) is 72.1 Å². The van der Waals surface area contributed by atoms with Crippen LogP contribution in [0.1, 0.15) is 16.2 Å². The first-order valence-corrected chi connectivity index (χ1v) is 8.18. The molecule has 0 fully saturated rings. The number of ether oxygens (including phenoxy) is 1. The molecule has 8 nitrogen and oxygen atoms in total. The molecule has 0 saturated heterocycles. The zero-order valence-corrected chi connectivity index (χ0v) is 14.2. The van der Waals surface area contributed by atoms with Gasteiger partial charge < -0.3 is 19.6 Å². The predicted octanol–water partition coefficient (Wildman–Crippen LogP) is 1.57. The van der Waals surface area contributed by atoms with E-state index in [1.54, 1.807) is 30.3 Å². The summed E-state index contributed by atoms with van der Waals surface area (Å²) >= 11 is 0. The molecule has 0 aliphatic heterocycles. The lowest BCUT2D eigenvalue weighted by Gasteiger charge is -2.14. The van der Waals surface area contributed by atoms with E-state index >= 15 is 0 Å². The summed E-state index contributed by atoms with van der Waals surface area (Å²) in [5.41, 5.74) is 1.11. The summed E-state index contributed by atoms with van der Waals surface area (Å²) in [5.74, 6) is -0.886. The lowest BCUT2D eigenvalue weighted by molar-refractivity contribution is -0.149. The van der Waals surface area contributed by atoms with E-state index in [1.807, 2.05) is 30.3 Å². The lowest BCUT2D eigenvalue weighted by Crippen LogP contribution is -2.44. The van der Waals surface area contributed by atoms with Crippen LogP contribution in [0.5, 0.6) is 0 Å². The van der Waals surface area contributed by atoms with Gasteiger partial charge in [0.25, 0.3) is 11.8 Å². The summed E-state index contributed by atoms with van der Waals surface area (Å²) in [4.78, 5) is 24.2. The Morgan fingerprint density at radius 1 is 1.04 bits per heavy atom. The Hall–Kier alpha value is -3.52. The van der Waals surface area contributed by atoms with Crippen molar-refractivity contribution in [1.82, 2.24) is 15.5 Å². The van der Waals surface area contributed by atoms with Crippen LogP contribution < -0.4 is 5.32 Å². The highest BCUT2D eigenvalue weighted by Crippen LogP contribution is 2.17. The van der Waals surface area contributed by atoms with Crippen LogP contribution in [0.3, 0.4) is 0 Å². The maximum atomic E-state index is 12.1. The van der Waals surface area contributed by atoms with E-state index in [-0.39, 0.29) is 12.5 Å². The summed E-state index contributed by atoms with van der Waals surface area (Å²) in [6, 6.07) is 16.3. The number of benzene rings is 2. The van der Waals surface area contributed by atoms with E-state index in [2.05, 4.69) is 15.5 Å². The van der Waals surface area contributed by atoms with Crippen molar-refractivity contribution >= 4 is 11.9 Å². The molecule has 0 aliphatic carbocycles. The van der Waals surface area contributed by atoms with Gasteiger partial charge in [-0.05, 0) is 24.3 Å². The highest BCUT2D eigenvalue weighted by Gasteiger charge is 2.23. The van der Waals surface area contributed by atoms with Gasteiger partial charge in [-0.3, -0.25) is 4.79 Å². The van der Waals surface area contributed by atoms with E-state index in [0.717, 1.165) is 5.56 Å². The van der Waals surface area contributed by atoms with Gasteiger partial charge in [0.1, 0.15) is 0 Å². The monoisotopic (exact) mass is 367 g/mol. The first kappa shape index (κ1) is 18.3. The van der Waals surface area contributed by atoms with Crippen molar-refractivity contribution in [3.8, 4) is 11.5 Å². The number of rotatable bonds is 7. The molecule has 0 saturated carbocycles. The topological polar surface area (TPSA) is 115 Å². The standard InChI is InChI=1S/C19H17N3O5/c23-11-15(20-17(24)13-7-3-1-4-8-13)19(25)26-12-16-21-22-18(27-16)14-9-5-2-6-10-14/h1-10,15,23H,11-12H2,(H,20,24). The van der Waals surface area contributed by atoms with Crippen LogP contribution in [-0.2, 0) is 16.1 Å². The summed E-state index contributed by atoms with van der Waals surface area (Å²) < 4.78 is 10.5. The molecule has 1 aromatic heterocycles. The number of hydrogen-bond donors (Lipinski definition) is 2. The van der Waals surface area contributed by atoms with Gasteiger partial charge in [0.2, 0.25) is 5.89 Å². The molecule has 2 aromatic carbocycles. The Balaban J connectivity index is 1.56. The first-order chi connectivity index (χ1) is 13.2. The molecule has 1 heterocycles. The molecule has 27 heavy (non-hydrogen) atoms. The van der Waals surface area contributed by atoms with Crippen molar-refractivity contribution in [2.45, 2.75) is 12.6 Å². The second-order valence-corrected chi connectivity index (χ2v) is 5.55.